The number of benzene rings is 1. The lowest BCUT2D eigenvalue weighted by atomic mass is 10.3. The highest BCUT2D eigenvalue weighted by Gasteiger charge is 2.38. The first-order valence-corrected chi connectivity index (χ1v) is 5.24. The van der Waals surface area contributed by atoms with E-state index in [0.717, 1.165) is 6.07 Å². The summed E-state index contributed by atoms with van der Waals surface area (Å²) in [6.45, 7) is -0.426. The maximum absolute atomic E-state index is 13.4. The maximum atomic E-state index is 13.4. The fourth-order valence-electron chi connectivity index (χ4n) is 1.76. The van der Waals surface area contributed by atoms with Crippen LogP contribution >= 0.6 is 0 Å². The molecule has 1 N–H and O–H groups in total. The molecule has 102 valence electrons. The lowest BCUT2D eigenvalue weighted by molar-refractivity contribution is -0.148. The van der Waals surface area contributed by atoms with Gasteiger partial charge in [-0.15, -0.1) is 0 Å². The van der Waals surface area contributed by atoms with E-state index in [4.69, 9.17) is 5.11 Å². The van der Waals surface area contributed by atoms with Crippen LogP contribution in [0.2, 0.25) is 0 Å². The molecule has 0 saturated carbocycles. The van der Waals surface area contributed by atoms with E-state index in [-0.39, 0.29) is 5.52 Å². The zero-order valence-corrected chi connectivity index (χ0v) is 9.41. The van der Waals surface area contributed by atoms with Gasteiger partial charge in [0.15, 0.2) is 5.82 Å². The summed E-state index contributed by atoms with van der Waals surface area (Å²) < 4.78 is 52.4. The second-order valence-corrected chi connectivity index (χ2v) is 3.84. The number of para-hydroxylation sites is 1. The smallest absolute Gasteiger partial charge is 0.449 e. The third-order valence-electron chi connectivity index (χ3n) is 2.53. The average Bonchev–Trinajstić information content (AvgIpc) is 2.66. The maximum Gasteiger partial charge on any atom is 0.449 e. The minimum absolute atomic E-state index is 0.0754. The van der Waals surface area contributed by atoms with Crippen molar-refractivity contribution in [3.63, 3.8) is 0 Å². The predicted octanol–water partition coefficient (Wildman–Crippen LogP) is 2.67. The molecule has 2 rings (SSSR count). The number of alkyl halides is 3. The van der Waals surface area contributed by atoms with Crippen LogP contribution in [0.5, 0.6) is 0 Å². The van der Waals surface area contributed by atoms with Gasteiger partial charge in [-0.1, -0.05) is 6.07 Å². The van der Waals surface area contributed by atoms with Crippen molar-refractivity contribution in [2.75, 3.05) is 0 Å². The fourth-order valence-corrected chi connectivity index (χ4v) is 1.76. The Kier molecular flexibility index (Phi) is 3.17. The number of aromatic nitrogens is 2. The molecule has 0 atom stereocenters. The van der Waals surface area contributed by atoms with E-state index in [0.29, 0.717) is 4.57 Å². The third-order valence-corrected chi connectivity index (χ3v) is 2.53. The first-order valence-electron chi connectivity index (χ1n) is 5.24. The molecule has 0 radical (unpaired) electrons. The van der Waals surface area contributed by atoms with Crippen LogP contribution in [0, 0.1) is 5.82 Å². The SMILES string of the molecule is O=C(O)CCn1c(C(F)(F)F)nc2c(F)cccc21. The highest BCUT2D eigenvalue weighted by atomic mass is 19.4. The molecule has 2 aromatic rings. The lowest BCUT2D eigenvalue weighted by Crippen LogP contribution is -2.16. The van der Waals surface area contributed by atoms with Crippen molar-refractivity contribution in [1.82, 2.24) is 9.55 Å². The summed E-state index contributed by atoms with van der Waals surface area (Å²) in [5.41, 5.74) is -0.492. The monoisotopic (exact) mass is 276 g/mol. The number of aliphatic carboxylic acids is 1. The molecule has 0 spiro atoms. The molecule has 1 heterocycles. The van der Waals surface area contributed by atoms with Gasteiger partial charge in [0.05, 0.1) is 11.9 Å². The molecule has 0 aliphatic carbocycles. The number of hydrogen-bond donors (Lipinski definition) is 1. The van der Waals surface area contributed by atoms with E-state index < -0.39 is 42.3 Å². The Labute approximate surface area is 104 Å². The summed E-state index contributed by atoms with van der Waals surface area (Å²) in [7, 11) is 0. The second-order valence-electron chi connectivity index (χ2n) is 3.84. The summed E-state index contributed by atoms with van der Waals surface area (Å²) in [6, 6.07) is 3.51. The molecule has 0 unspecified atom stereocenters. The highest BCUT2D eigenvalue weighted by molar-refractivity contribution is 5.77. The van der Waals surface area contributed by atoms with Gasteiger partial charge >= 0.3 is 12.1 Å². The normalized spacial score (nSPS) is 12.0. The second kappa shape index (κ2) is 4.52. The fraction of sp³-hybridized carbons (Fsp3) is 0.273. The summed E-state index contributed by atoms with van der Waals surface area (Å²) in [5, 5.41) is 8.54. The number of rotatable bonds is 3. The highest BCUT2D eigenvalue weighted by Crippen LogP contribution is 2.32. The van der Waals surface area contributed by atoms with Crippen LogP contribution in [-0.4, -0.2) is 20.6 Å². The molecule has 0 amide bonds. The molecule has 0 saturated heterocycles. The quantitative estimate of drug-likeness (QED) is 0.877. The minimum Gasteiger partial charge on any atom is -0.481 e. The Hall–Kier alpha value is -2.12. The van der Waals surface area contributed by atoms with Crippen LogP contribution in [0.25, 0.3) is 11.0 Å². The number of carbonyl (C=O) groups is 1. The third kappa shape index (κ3) is 2.51. The van der Waals surface area contributed by atoms with Crippen LogP contribution in [0.4, 0.5) is 17.6 Å². The molecule has 4 nitrogen and oxygen atoms in total. The summed E-state index contributed by atoms with van der Waals surface area (Å²) in [6.07, 6.45) is -5.28. The lowest BCUT2D eigenvalue weighted by Gasteiger charge is -2.09. The number of imidazole rings is 1. The van der Waals surface area contributed by atoms with Crippen molar-refractivity contribution >= 4 is 17.0 Å². The van der Waals surface area contributed by atoms with E-state index in [1.807, 2.05) is 0 Å². The molecule has 1 aromatic carbocycles. The van der Waals surface area contributed by atoms with Crippen LogP contribution in [0.1, 0.15) is 12.2 Å². The Bertz CT molecular complexity index is 633. The van der Waals surface area contributed by atoms with E-state index in [2.05, 4.69) is 4.98 Å². The molecule has 8 heteroatoms. The van der Waals surface area contributed by atoms with Gasteiger partial charge in [0.1, 0.15) is 5.52 Å². The minimum atomic E-state index is -4.77. The molecule has 1 aromatic heterocycles. The van der Waals surface area contributed by atoms with Crippen molar-refractivity contribution in [3.8, 4) is 0 Å². The zero-order valence-electron chi connectivity index (χ0n) is 9.41. The topological polar surface area (TPSA) is 55.1 Å². The number of fused-ring (bicyclic) bond motifs is 1. The Morgan fingerprint density at radius 3 is 2.63 bits per heavy atom. The molecule has 19 heavy (non-hydrogen) atoms. The largest absolute Gasteiger partial charge is 0.481 e. The Morgan fingerprint density at radius 1 is 1.37 bits per heavy atom. The predicted molar refractivity (Wildman–Crippen MR) is 56.9 cm³/mol. The molecular weight excluding hydrogens is 268 g/mol. The van der Waals surface area contributed by atoms with Crippen molar-refractivity contribution in [1.29, 1.82) is 0 Å². The number of carboxylic acids is 1. The van der Waals surface area contributed by atoms with Gasteiger partial charge in [0.25, 0.3) is 0 Å². The van der Waals surface area contributed by atoms with Gasteiger partial charge in [-0.25, -0.2) is 9.37 Å². The van der Waals surface area contributed by atoms with Gasteiger partial charge in [0.2, 0.25) is 5.82 Å². The standard InChI is InChI=1S/C11H8F4N2O2/c12-6-2-1-3-7-9(6)16-10(11(13,14)15)17(7)5-4-8(18)19/h1-3H,4-5H2,(H,18,19). The summed E-state index contributed by atoms with van der Waals surface area (Å²) >= 11 is 0. The number of hydrogen-bond acceptors (Lipinski definition) is 2. The number of nitrogens with zero attached hydrogens (tertiary/aromatic N) is 2. The van der Waals surface area contributed by atoms with Crippen molar-refractivity contribution in [2.24, 2.45) is 0 Å². The number of halogens is 4. The average molecular weight is 276 g/mol. The number of carboxylic acid groups (broad SMARTS) is 1. The van der Waals surface area contributed by atoms with Crippen LogP contribution < -0.4 is 0 Å². The van der Waals surface area contributed by atoms with E-state index >= 15 is 0 Å². The van der Waals surface area contributed by atoms with Gasteiger partial charge in [-0.05, 0) is 12.1 Å². The summed E-state index contributed by atoms with van der Waals surface area (Å²) in [4.78, 5) is 13.7. The first-order chi connectivity index (χ1) is 8.80. The van der Waals surface area contributed by atoms with Gasteiger partial charge in [-0.2, -0.15) is 13.2 Å². The molecule has 0 aliphatic heterocycles. The van der Waals surface area contributed by atoms with E-state index in [9.17, 15) is 22.4 Å². The first kappa shape index (κ1) is 13.3. The Morgan fingerprint density at radius 2 is 2.05 bits per heavy atom. The van der Waals surface area contributed by atoms with Crippen molar-refractivity contribution < 1.29 is 27.5 Å². The van der Waals surface area contributed by atoms with Crippen molar-refractivity contribution in [3.05, 3.63) is 29.8 Å². The molecular formula is C11H8F4N2O2. The molecule has 0 aliphatic rings. The van der Waals surface area contributed by atoms with Gasteiger partial charge in [0, 0.05) is 6.54 Å². The van der Waals surface area contributed by atoms with Crippen LogP contribution in [-0.2, 0) is 17.5 Å². The zero-order chi connectivity index (χ0) is 14.2. The van der Waals surface area contributed by atoms with Crippen molar-refractivity contribution in [2.45, 2.75) is 19.1 Å². The van der Waals surface area contributed by atoms with E-state index in [1.165, 1.54) is 12.1 Å². The van der Waals surface area contributed by atoms with Gasteiger partial charge < -0.3 is 9.67 Å². The van der Waals surface area contributed by atoms with Gasteiger partial charge in [-0.3, -0.25) is 4.79 Å². The number of aryl methyl sites for hydroxylation is 1. The van der Waals surface area contributed by atoms with Crippen LogP contribution in [0.15, 0.2) is 18.2 Å². The van der Waals surface area contributed by atoms with E-state index in [1.54, 1.807) is 0 Å². The molecule has 0 bridgehead atoms. The van der Waals surface area contributed by atoms with Crippen LogP contribution in [0.3, 0.4) is 0 Å². The summed E-state index contributed by atoms with van der Waals surface area (Å²) in [5.74, 6) is -3.42. The Balaban J connectivity index is 2.62. The molecule has 0 fully saturated rings.